The summed E-state index contributed by atoms with van der Waals surface area (Å²) in [6.45, 7) is 24.5. The van der Waals surface area contributed by atoms with Gasteiger partial charge in [0.15, 0.2) is 11.6 Å². The maximum Gasteiger partial charge on any atom is 0.186 e. The Hall–Kier alpha value is -2.34. The van der Waals surface area contributed by atoms with Crippen molar-refractivity contribution in [3.63, 3.8) is 0 Å². The van der Waals surface area contributed by atoms with Gasteiger partial charge >= 0.3 is 0 Å². The van der Waals surface area contributed by atoms with E-state index in [2.05, 4.69) is 0 Å². The molecule has 2 aliphatic rings. The third kappa shape index (κ3) is 9.05. The highest BCUT2D eigenvalue weighted by atomic mass is 35.5. The minimum atomic E-state index is -0.460. The number of ketones is 2. The second kappa shape index (κ2) is 15.4. The quantitative estimate of drug-likeness (QED) is 0.262. The van der Waals surface area contributed by atoms with Crippen LogP contribution >= 0.6 is 80.9 Å². The van der Waals surface area contributed by atoms with E-state index in [1.54, 1.807) is 24.3 Å². The first kappa shape index (κ1) is 43.8. The van der Waals surface area contributed by atoms with Gasteiger partial charge in [0.1, 0.15) is 0 Å². The maximum atomic E-state index is 14.1. The fourth-order valence-corrected chi connectivity index (χ4v) is 9.93. The molecular formula is C46H46Cl6O2S. The molecule has 1 aromatic heterocycles. The number of Topliss-reactive ketones (excluding diaryl/α,β-unsaturated/α-hetero) is 2. The van der Waals surface area contributed by atoms with Gasteiger partial charge in [-0.05, 0) is 93.5 Å². The molecule has 1 heterocycles. The van der Waals surface area contributed by atoms with Crippen molar-refractivity contribution < 1.29 is 9.59 Å². The normalized spacial score (nSPS) is 15.9. The van der Waals surface area contributed by atoms with Crippen LogP contribution < -0.4 is 0 Å². The highest BCUT2D eigenvalue weighted by molar-refractivity contribution is 7.14. The SMILES string of the molecule is CC(C)(C)C1=CC(=C(c2ccc(C(=C3C=C(C(C)(C)C)C(=O)C(C(C)(C)C)=C3)c3c(Cl)cc(Cl)cc3Cl)s2)c2c(Cl)cc(Cl)cc2Cl)C=C(C(C)(C)C)C1=O. The van der Waals surface area contributed by atoms with Crippen molar-refractivity contribution in [1.29, 1.82) is 0 Å². The fraction of sp³-hybridized carbons (Fsp3) is 0.348. The Labute approximate surface area is 360 Å². The number of carbonyl (C=O) groups excluding carboxylic acids is 2. The number of thiophene rings is 1. The molecule has 2 aliphatic carbocycles. The smallest absolute Gasteiger partial charge is 0.186 e. The number of rotatable bonds is 4. The summed E-state index contributed by atoms with van der Waals surface area (Å²) in [5.41, 5.74) is 5.12. The predicted octanol–water partition coefficient (Wildman–Crippen LogP) is 16.3. The van der Waals surface area contributed by atoms with E-state index in [0.717, 1.165) is 32.0 Å². The summed E-state index contributed by atoms with van der Waals surface area (Å²) < 4.78 is 0. The Morgan fingerprint density at radius 2 is 0.673 bits per heavy atom. The van der Waals surface area contributed by atoms with Crippen LogP contribution in [0.5, 0.6) is 0 Å². The number of halogens is 6. The van der Waals surface area contributed by atoms with Crippen LogP contribution in [0.1, 0.15) is 104 Å². The summed E-state index contributed by atoms with van der Waals surface area (Å²) in [7, 11) is 0. The Kier molecular flexibility index (Phi) is 12.3. The van der Waals surface area contributed by atoms with Crippen molar-refractivity contribution in [2.75, 3.05) is 0 Å². The zero-order chi connectivity index (χ0) is 41.3. The van der Waals surface area contributed by atoms with Crippen molar-refractivity contribution in [2.24, 2.45) is 21.7 Å². The Morgan fingerprint density at radius 3 is 0.891 bits per heavy atom. The molecule has 0 N–H and O–H groups in total. The first-order valence-electron chi connectivity index (χ1n) is 18.0. The van der Waals surface area contributed by atoms with Crippen molar-refractivity contribution >= 4 is 104 Å². The molecule has 0 amide bonds. The van der Waals surface area contributed by atoms with Crippen LogP contribution in [-0.4, -0.2) is 11.6 Å². The minimum Gasteiger partial charge on any atom is -0.289 e. The lowest BCUT2D eigenvalue weighted by Crippen LogP contribution is -2.28. The molecule has 9 heteroatoms. The van der Waals surface area contributed by atoms with Crippen LogP contribution in [0.25, 0.3) is 11.1 Å². The van der Waals surface area contributed by atoms with Crippen molar-refractivity contribution in [2.45, 2.75) is 83.1 Å². The van der Waals surface area contributed by atoms with E-state index in [1.165, 1.54) is 11.3 Å². The standard InChI is InChI=1S/C46H46Cl6O2S/c1-43(2,3)27-15-23(16-28(41(27)53)44(4,5)6)37(39-31(49)19-25(47)20-32(39)50)35-13-14-36(55-35)38(40-33(51)21-26(48)22-34(40)52)24-17-29(45(7,8)9)42(54)30(18-24)46(10,11)12/h13-22H,1-12H3. The summed E-state index contributed by atoms with van der Waals surface area (Å²) in [4.78, 5) is 29.8. The summed E-state index contributed by atoms with van der Waals surface area (Å²) in [5, 5.41) is 2.27. The largest absolute Gasteiger partial charge is 0.289 e. The van der Waals surface area contributed by atoms with E-state index < -0.39 is 21.7 Å². The molecule has 0 spiro atoms. The molecule has 0 aliphatic heterocycles. The molecule has 0 bridgehead atoms. The van der Waals surface area contributed by atoms with Crippen LogP contribution in [0, 0.1) is 21.7 Å². The molecular weight excluding hydrogens is 829 g/mol. The third-order valence-corrected chi connectivity index (χ3v) is 12.3. The van der Waals surface area contributed by atoms with Gasteiger partial charge in [-0.15, -0.1) is 11.3 Å². The summed E-state index contributed by atoms with van der Waals surface area (Å²) in [5.74, 6) is 0.0223. The van der Waals surface area contributed by atoms with Crippen LogP contribution in [0.3, 0.4) is 0 Å². The van der Waals surface area contributed by atoms with E-state index in [1.807, 2.05) is 120 Å². The summed E-state index contributed by atoms with van der Waals surface area (Å²) >= 11 is 42.6. The lowest BCUT2D eigenvalue weighted by atomic mass is 9.71. The van der Waals surface area contributed by atoms with Gasteiger partial charge in [0.25, 0.3) is 0 Å². The van der Waals surface area contributed by atoms with E-state index >= 15 is 0 Å². The van der Waals surface area contributed by atoms with E-state index in [-0.39, 0.29) is 11.6 Å². The Morgan fingerprint density at radius 1 is 0.436 bits per heavy atom. The molecule has 2 aromatic carbocycles. The molecule has 0 saturated carbocycles. The highest BCUT2D eigenvalue weighted by Crippen LogP contribution is 2.50. The maximum absolute atomic E-state index is 14.1. The average molecular weight is 876 g/mol. The van der Waals surface area contributed by atoms with Crippen molar-refractivity contribution in [3.8, 4) is 0 Å². The van der Waals surface area contributed by atoms with E-state index in [0.29, 0.717) is 63.6 Å². The average Bonchev–Trinajstić information content (AvgIpc) is 3.48. The first-order valence-corrected chi connectivity index (χ1v) is 21.1. The topological polar surface area (TPSA) is 34.1 Å². The minimum absolute atomic E-state index is 0.0111. The van der Waals surface area contributed by atoms with Gasteiger partial charge in [-0.3, -0.25) is 9.59 Å². The zero-order valence-electron chi connectivity index (χ0n) is 33.3. The number of carbonyl (C=O) groups is 2. The lowest BCUT2D eigenvalue weighted by Gasteiger charge is -2.32. The Balaban J connectivity index is 1.97. The Bertz CT molecular complexity index is 2050. The van der Waals surface area contributed by atoms with Crippen LogP contribution in [0.4, 0.5) is 0 Å². The van der Waals surface area contributed by atoms with E-state index in [4.69, 9.17) is 69.6 Å². The van der Waals surface area contributed by atoms with Crippen LogP contribution in [0.2, 0.25) is 30.1 Å². The second-order valence-corrected chi connectivity index (χ2v) is 21.8. The fourth-order valence-electron chi connectivity index (χ4n) is 6.76. The van der Waals surface area contributed by atoms with Gasteiger partial charge in [0.05, 0.1) is 20.1 Å². The van der Waals surface area contributed by atoms with Crippen LogP contribution in [-0.2, 0) is 9.59 Å². The number of benzene rings is 2. The number of allylic oxidation sites excluding steroid dienone is 10. The zero-order valence-corrected chi connectivity index (χ0v) is 38.6. The number of hydrogen-bond donors (Lipinski definition) is 0. The van der Waals surface area contributed by atoms with Crippen LogP contribution in [0.15, 0.2) is 94.1 Å². The van der Waals surface area contributed by atoms with Gasteiger partial charge in [0.2, 0.25) is 0 Å². The molecule has 0 saturated heterocycles. The predicted molar refractivity (Wildman–Crippen MR) is 239 cm³/mol. The second-order valence-electron chi connectivity index (χ2n) is 18.2. The summed E-state index contributed by atoms with van der Waals surface area (Å²) in [6, 6.07) is 10.7. The van der Waals surface area contributed by atoms with Gasteiger partial charge < -0.3 is 0 Å². The monoisotopic (exact) mass is 872 g/mol. The molecule has 55 heavy (non-hydrogen) atoms. The van der Waals surface area contributed by atoms with Crippen molar-refractivity contribution in [1.82, 2.24) is 0 Å². The molecule has 0 fully saturated rings. The van der Waals surface area contributed by atoms with Gasteiger partial charge in [-0.25, -0.2) is 0 Å². The van der Waals surface area contributed by atoms with Gasteiger partial charge in [-0.1, -0.05) is 153 Å². The molecule has 0 unspecified atom stereocenters. The first-order chi connectivity index (χ1) is 25.1. The van der Waals surface area contributed by atoms with Gasteiger partial charge in [0, 0.05) is 64.4 Å². The molecule has 290 valence electrons. The third-order valence-electron chi connectivity index (χ3n) is 9.60. The van der Waals surface area contributed by atoms with Gasteiger partial charge in [-0.2, -0.15) is 0 Å². The molecule has 5 rings (SSSR count). The highest BCUT2D eigenvalue weighted by Gasteiger charge is 2.37. The molecule has 2 nitrogen and oxygen atoms in total. The lowest BCUT2D eigenvalue weighted by molar-refractivity contribution is -0.114. The van der Waals surface area contributed by atoms with E-state index in [9.17, 15) is 9.59 Å². The molecule has 0 radical (unpaired) electrons. The number of hydrogen-bond acceptors (Lipinski definition) is 3. The van der Waals surface area contributed by atoms with Crippen molar-refractivity contribution in [3.05, 3.63) is 145 Å². The molecule has 3 aromatic rings. The molecule has 0 atom stereocenters. The summed E-state index contributed by atoms with van der Waals surface area (Å²) in [6.07, 6.45) is 7.85.